The lowest BCUT2D eigenvalue weighted by Gasteiger charge is -2.22. The fourth-order valence-corrected chi connectivity index (χ4v) is 3.76. The summed E-state index contributed by atoms with van der Waals surface area (Å²) in [6.45, 7) is 4.50. The molecule has 1 saturated carbocycles. The summed E-state index contributed by atoms with van der Waals surface area (Å²) in [5.74, 6) is -0.0268. The predicted octanol–water partition coefficient (Wildman–Crippen LogP) is 3.88. The molecule has 1 aromatic rings. The quantitative estimate of drug-likeness (QED) is 0.401. The number of benzene rings is 1. The highest BCUT2D eigenvalue weighted by molar-refractivity contribution is 5.90. The van der Waals surface area contributed by atoms with Gasteiger partial charge >= 0.3 is 6.03 Å². The third-order valence-electron chi connectivity index (χ3n) is 5.36. The lowest BCUT2D eigenvalue weighted by molar-refractivity contribution is -0.121. The van der Waals surface area contributed by atoms with Gasteiger partial charge in [-0.3, -0.25) is 9.59 Å². The van der Waals surface area contributed by atoms with Crippen LogP contribution < -0.4 is 21.3 Å². The minimum atomic E-state index is -0.0743. The summed E-state index contributed by atoms with van der Waals surface area (Å²) in [4.78, 5) is 35.8. The van der Waals surface area contributed by atoms with Crippen molar-refractivity contribution in [3.05, 3.63) is 29.8 Å². The fourth-order valence-electron chi connectivity index (χ4n) is 3.76. The van der Waals surface area contributed by atoms with Gasteiger partial charge in [-0.05, 0) is 57.2 Å². The minimum Gasteiger partial charge on any atom is -0.354 e. The van der Waals surface area contributed by atoms with E-state index in [9.17, 15) is 14.4 Å². The van der Waals surface area contributed by atoms with Gasteiger partial charge in [0, 0.05) is 30.7 Å². The third-order valence-corrected chi connectivity index (χ3v) is 5.36. The molecule has 172 valence electrons. The number of urea groups is 1. The van der Waals surface area contributed by atoms with E-state index >= 15 is 0 Å². The van der Waals surface area contributed by atoms with Crippen molar-refractivity contribution in [1.29, 1.82) is 0 Å². The second-order valence-corrected chi connectivity index (χ2v) is 8.69. The van der Waals surface area contributed by atoms with E-state index < -0.39 is 0 Å². The van der Waals surface area contributed by atoms with Gasteiger partial charge in [-0.25, -0.2) is 4.79 Å². The number of hydrogen-bond acceptors (Lipinski definition) is 3. The SMILES string of the molecule is CC(C)NC(=O)Cc1ccc(NC(=O)CCCCCNC(=O)NC2CCCCC2)cc1. The summed E-state index contributed by atoms with van der Waals surface area (Å²) < 4.78 is 0. The zero-order valence-electron chi connectivity index (χ0n) is 19.0. The van der Waals surface area contributed by atoms with E-state index in [4.69, 9.17) is 0 Å². The molecule has 0 atom stereocenters. The van der Waals surface area contributed by atoms with Crippen LogP contribution in [0.4, 0.5) is 10.5 Å². The van der Waals surface area contributed by atoms with Crippen molar-refractivity contribution in [2.45, 2.75) is 90.1 Å². The highest BCUT2D eigenvalue weighted by Crippen LogP contribution is 2.17. The Bertz CT molecular complexity index is 697. The van der Waals surface area contributed by atoms with Crippen molar-refractivity contribution >= 4 is 23.5 Å². The van der Waals surface area contributed by atoms with Crippen LogP contribution in [-0.2, 0) is 16.0 Å². The van der Waals surface area contributed by atoms with Gasteiger partial charge in [0.15, 0.2) is 0 Å². The molecule has 4 N–H and O–H groups in total. The summed E-state index contributed by atoms with van der Waals surface area (Å²) >= 11 is 0. The Morgan fingerprint density at radius 3 is 2.32 bits per heavy atom. The molecular formula is C24H38N4O3. The molecule has 1 fully saturated rings. The number of amides is 4. The second kappa shape index (κ2) is 13.7. The molecule has 0 radical (unpaired) electrons. The first-order valence-corrected chi connectivity index (χ1v) is 11.6. The van der Waals surface area contributed by atoms with Crippen LogP contribution in [0.2, 0.25) is 0 Å². The van der Waals surface area contributed by atoms with Crippen LogP contribution in [0.1, 0.15) is 77.2 Å². The number of carbonyl (C=O) groups is 3. The Kier molecular flexibility index (Phi) is 10.9. The lowest BCUT2D eigenvalue weighted by atomic mass is 9.96. The molecule has 0 bridgehead atoms. The van der Waals surface area contributed by atoms with Gasteiger partial charge in [0.05, 0.1) is 6.42 Å². The van der Waals surface area contributed by atoms with Crippen LogP contribution in [0.15, 0.2) is 24.3 Å². The molecule has 4 amide bonds. The zero-order valence-corrected chi connectivity index (χ0v) is 19.0. The third kappa shape index (κ3) is 10.9. The standard InChI is InChI=1S/C24H38N4O3/c1-18(2)26-23(30)17-19-12-14-21(15-13-19)27-22(29)11-7-4-8-16-25-24(31)28-20-9-5-3-6-10-20/h12-15,18,20H,3-11,16-17H2,1-2H3,(H,26,30)(H,27,29)(H2,25,28,31). The normalized spacial score (nSPS) is 14.2. The van der Waals surface area contributed by atoms with E-state index in [0.29, 0.717) is 25.4 Å². The molecule has 1 aromatic carbocycles. The molecule has 31 heavy (non-hydrogen) atoms. The molecule has 0 aromatic heterocycles. The summed E-state index contributed by atoms with van der Waals surface area (Å²) in [5.41, 5.74) is 1.65. The smallest absolute Gasteiger partial charge is 0.315 e. The maximum atomic E-state index is 12.1. The van der Waals surface area contributed by atoms with Crippen LogP contribution in [0.25, 0.3) is 0 Å². The Balaban J connectivity index is 1.53. The first-order chi connectivity index (χ1) is 14.9. The summed E-state index contributed by atoms with van der Waals surface area (Å²) in [7, 11) is 0. The van der Waals surface area contributed by atoms with Gasteiger partial charge in [0.2, 0.25) is 11.8 Å². The number of hydrogen-bond donors (Lipinski definition) is 4. The number of carbonyl (C=O) groups excluding carboxylic acids is 3. The molecule has 0 heterocycles. The minimum absolute atomic E-state index is 0.00672. The number of rotatable bonds is 11. The maximum Gasteiger partial charge on any atom is 0.315 e. The molecule has 0 unspecified atom stereocenters. The van der Waals surface area contributed by atoms with Gasteiger partial charge in [0.25, 0.3) is 0 Å². The van der Waals surface area contributed by atoms with E-state index in [1.54, 1.807) is 0 Å². The Labute approximate surface area is 186 Å². The van der Waals surface area contributed by atoms with Gasteiger partial charge in [-0.2, -0.15) is 0 Å². The van der Waals surface area contributed by atoms with Crippen molar-refractivity contribution in [2.24, 2.45) is 0 Å². The summed E-state index contributed by atoms with van der Waals surface area (Å²) in [6, 6.07) is 7.74. The molecule has 1 aliphatic rings. The van der Waals surface area contributed by atoms with Crippen molar-refractivity contribution < 1.29 is 14.4 Å². The van der Waals surface area contributed by atoms with Gasteiger partial charge in [-0.1, -0.05) is 37.8 Å². The molecule has 7 nitrogen and oxygen atoms in total. The van der Waals surface area contributed by atoms with Gasteiger partial charge < -0.3 is 21.3 Å². The van der Waals surface area contributed by atoms with Crippen molar-refractivity contribution in [2.75, 3.05) is 11.9 Å². The predicted molar refractivity (Wildman–Crippen MR) is 124 cm³/mol. The number of anilines is 1. The van der Waals surface area contributed by atoms with Crippen molar-refractivity contribution in [3.8, 4) is 0 Å². The Morgan fingerprint density at radius 1 is 0.935 bits per heavy atom. The van der Waals surface area contributed by atoms with Crippen LogP contribution >= 0.6 is 0 Å². The zero-order chi connectivity index (χ0) is 22.5. The molecule has 0 spiro atoms. The van der Waals surface area contributed by atoms with Crippen LogP contribution in [0.3, 0.4) is 0 Å². The summed E-state index contributed by atoms with van der Waals surface area (Å²) in [5, 5.41) is 11.7. The van der Waals surface area contributed by atoms with E-state index in [2.05, 4.69) is 21.3 Å². The largest absolute Gasteiger partial charge is 0.354 e. The van der Waals surface area contributed by atoms with Crippen molar-refractivity contribution in [1.82, 2.24) is 16.0 Å². The van der Waals surface area contributed by atoms with Crippen LogP contribution in [0, 0.1) is 0 Å². The Hall–Kier alpha value is -2.57. The molecule has 0 saturated heterocycles. The average Bonchev–Trinajstić information content (AvgIpc) is 2.72. The molecule has 0 aliphatic heterocycles. The maximum absolute atomic E-state index is 12.1. The monoisotopic (exact) mass is 430 g/mol. The molecule has 2 rings (SSSR count). The first kappa shape index (κ1) is 24.7. The van der Waals surface area contributed by atoms with Crippen LogP contribution in [0.5, 0.6) is 0 Å². The topological polar surface area (TPSA) is 99.3 Å². The van der Waals surface area contributed by atoms with Gasteiger partial charge in [-0.15, -0.1) is 0 Å². The number of nitrogens with one attached hydrogen (secondary N) is 4. The molecule has 7 heteroatoms. The number of unbranched alkanes of at least 4 members (excludes halogenated alkanes) is 2. The van der Waals surface area contributed by atoms with Crippen LogP contribution in [-0.4, -0.2) is 36.5 Å². The van der Waals surface area contributed by atoms with E-state index in [-0.39, 0.29) is 23.9 Å². The van der Waals surface area contributed by atoms with E-state index in [0.717, 1.165) is 43.4 Å². The average molecular weight is 431 g/mol. The lowest BCUT2D eigenvalue weighted by Crippen LogP contribution is -2.43. The van der Waals surface area contributed by atoms with Crippen molar-refractivity contribution in [3.63, 3.8) is 0 Å². The highest BCUT2D eigenvalue weighted by Gasteiger charge is 2.15. The molecular weight excluding hydrogens is 392 g/mol. The Morgan fingerprint density at radius 2 is 1.65 bits per heavy atom. The fraction of sp³-hybridized carbons (Fsp3) is 0.625. The van der Waals surface area contributed by atoms with Gasteiger partial charge in [0.1, 0.15) is 0 Å². The van der Waals surface area contributed by atoms with E-state index in [1.807, 2.05) is 38.1 Å². The first-order valence-electron chi connectivity index (χ1n) is 11.6. The van der Waals surface area contributed by atoms with E-state index in [1.165, 1.54) is 19.3 Å². The summed E-state index contributed by atoms with van der Waals surface area (Å²) in [6.07, 6.45) is 9.16. The molecule has 1 aliphatic carbocycles. The highest BCUT2D eigenvalue weighted by atomic mass is 16.2. The second-order valence-electron chi connectivity index (χ2n) is 8.69.